The minimum atomic E-state index is -1.75. The Morgan fingerprint density at radius 2 is 1.61 bits per heavy atom. The van der Waals surface area contributed by atoms with E-state index in [1.807, 2.05) is 0 Å². The van der Waals surface area contributed by atoms with Crippen LogP contribution in [0.3, 0.4) is 0 Å². The van der Waals surface area contributed by atoms with E-state index < -0.39 is 37.6 Å². The van der Waals surface area contributed by atoms with Crippen molar-refractivity contribution in [1.82, 2.24) is 5.06 Å². The van der Waals surface area contributed by atoms with E-state index in [9.17, 15) is 20.1 Å². The molecule has 1 amide bonds. The van der Waals surface area contributed by atoms with E-state index in [1.54, 1.807) is 0 Å². The molecule has 0 aromatic carbocycles. The quantitative estimate of drug-likeness (QED) is 0.172. The predicted octanol–water partition coefficient (Wildman–Crippen LogP) is -4.20. The first-order chi connectivity index (χ1) is 8.47. The van der Waals surface area contributed by atoms with E-state index in [0.717, 1.165) is 0 Å². The lowest BCUT2D eigenvalue weighted by Crippen LogP contribution is -2.48. The molecule has 9 nitrogen and oxygen atoms in total. The maximum Gasteiger partial charge on any atom is 0.233 e. The van der Waals surface area contributed by atoms with Crippen LogP contribution < -0.4 is 0 Å². The van der Waals surface area contributed by atoms with Crippen LogP contribution in [0.25, 0.3) is 0 Å². The Kier molecular flexibility index (Phi) is 8.75. The molecule has 0 aliphatic rings. The third-order valence-corrected chi connectivity index (χ3v) is 2.17. The summed E-state index contributed by atoms with van der Waals surface area (Å²) in [6.07, 6.45) is -6.42. The van der Waals surface area contributed by atoms with Crippen molar-refractivity contribution in [1.29, 1.82) is 0 Å². The van der Waals surface area contributed by atoms with Crippen LogP contribution in [0.5, 0.6) is 0 Å². The summed E-state index contributed by atoms with van der Waals surface area (Å²) >= 11 is 0. The molecule has 0 saturated heterocycles. The standard InChI is InChI=1S/C9H19NO8/c11-2-1-10(5-13)18-4-7(15)9(17)8(16)6(14)3-12/h5-9,11-12,14-17H,1-4H2/t6-,7+,8-,9-/m1/s1. The number of carbonyl (C=O) groups excluding carboxylic acids is 1. The van der Waals surface area contributed by atoms with E-state index in [4.69, 9.17) is 20.2 Å². The zero-order valence-electron chi connectivity index (χ0n) is 9.66. The zero-order valence-corrected chi connectivity index (χ0v) is 9.66. The van der Waals surface area contributed by atoms with Crippen LogP contribution in [0.1, 0.15) is 0 Å². The Balaban J connectivity index is 4.14. The van der Waals surface area contributed by atoms with Crippen molar-refractivity contribution < 1.29 is 40.3 Å². The number of hydrogen-bond donors (Lipinski definition) is 6. The van der Waals surface area contributed by atoms with Crippen LogP contribution in [0.2, 0.25) is 0 Å². The van der Waals surface area contributed by atoms with Gasteiger partial charge in [-0.1, -0.05) is 0 Å². The van der Waals surface area contributed by atoms with Gasteiger partial charge in [-0.05, 0) is 0 Å². The highest BCUT2D eigenvalue weighted by Gasteiger charge is 2.30. The van der Waals surface area contributed by atoms with E-state index >= 15 is 0 Å². The first-order valence-corrected chi connectivity index (χ1v) is 5.26. The molecule has 4 atom stereocenters. The number of nitrogens with zero attached hydrogens (tertiary/aromatic N) is 1. The van der Waals surface area contributed by atoms with Gasteiger partial charge in [0.2, 0.25) is 6.41 Å². The second-order valence-corrected chi connectivity index (χ2v) is 3.56. The van der Waals surface area contributed by atoms with Gasteiger partial charge in [0.25, 0.3) is 0 Å². The van der Waals surface area contributed by atoms with Gasteiger partial charge in [0, 0.05) is 0 Å². The fourth-order valence-corrected chi connectivity index (χ4v) is 1.08. The Morgan fingerprint density at radius 1 is 1.06 bits per heavy atom. The molecule has 0 bridgehead atoms. The smallest absolute Gasteiger partial charge is 0.233 e. The molecule has 0 aromatic rings. The van der Waals surface area contributed by atoms with E-state index in [1.165, 1.54) is 0 Å². The fraction of sp³-hybridized carbons (Fsp3) is 0.889. The molecule has 6 N–H and O–H groups in total. The molecule has 0 aliphatic carbocycles. The Morgan fingerprint density at radius 3 is 2.06 bits per heavy atom. The highest BCUT2D eigenvalue weighted by atomic mass is 16.7. The molecular weight excluding hydrogens is 250 g/mol. The summed E-state index contributed by atoms with van der Waals surface area (Å²) in [5, 5.41) is 54.9. The zero-order chi connectivity index (χ0) is 14.1. The third-order valence-electron chi connectivity index (χ3n) is 2.17. The molecule has 0 spiro atoms. The first-order valence-electron chi connectivity index (χ1n) is 5.26. The van der Waals surface area contributed by atoms with Crippen molar-refractivity contribution in [2.75, 3.05) is 26.4 Å². The molecule has 0 fully saturated rings. The van der Waals surface area contributed by atoms with Crippen LogP contribution in [0.15, 0.2) is 0 Å². The van der Waals surface area contributed by atoms with Crippen molar-refractivity contribution in [2.24, 2.45) is 0 Å². The van der Waals surface area contributed by atoms with Crippen molar-refractivity contribution in [2.45, 2.75) is 24.4 Å². The van der Waals surface area contributed by atoms with Crippen LogP contribution in [-0.4, -0.2) is 92.9 Å². The fourth-order valence-electron chi connectivity index (χ4n) is 1.08. The lowest BCUT2D eigenvalue weighted by Gasteiger charge is -2.26. The highest BCUT2D eigenvalue weighted by Crippen LogP contribution is 2.06. The summed E-state index contributed by atoms with van der Waals surface area (Å²) in [5.74, 6) is 0. The van der Waals surface area contributed by atoms with Gasteiger partial charge in [-0.25, -0.2) is 5.06 Å². The normalized spacial score (nSPS) is 17.9. The predicted molar refractivity (Wildman–Crippen MR) is 56.9 cm³/mol. The van der Waals surface area contributed by atoms with Gasteiger partial charge in [0.1, 0.15) is 31.0 Å². The Hall–Kier alpha value is -0.810. The van der Waals surface area contributed by atoms with Gasteiger partial charge >= 0.3 is 0 Å². The van der Waals surface area contributed by atoms with Crippen LogP contribution in [-0.2, 0) is 9.63 Å². The monoisotopic (exact) mass is 269 g/mol. The topological polar surface area (TPSA) is 151 Å². The van der Waals surface area contributed by atoms with E-state index in [-0.39, 0.29) is 19.6 Å². The molecule has 0 unspecified atom stereocenters. The third kappa shape index (κ3) is 5.69. The molecule has 0 heterocycles. The van der Waals surface area contributed by atoms with Crippen LogP contribution in [0, 0.1) is 0 Å². The molecule has 0 aromatic heterocycles. The number of amides is 1. The van der Waals surface area contributed by atoms with Crippen molar-refractivity contribution in [3.63, 3.8) is 0 Å². The molecule has 0 rings (SSSR count). The van der Waals surface area contributed by atoms with E-state index in [0.29, 0.717) is 5.06 Å². The number of carbonyl (C=O) groups is 1. The maximum absolute atomic E-state index is 10.4. The summed E-state index contributed by atoms with van der Waals surface area (Å²) in [7, 11) is 0. The van der Waals surface area contributed by atoms with E-state index in [2.05, 4.69) is 0 Å². The summed E-state index contributed by atoms with van der Waals surface area (Å²) in [6.45, 7) is -1.77. The lowest BCUT2D eigenvalue weighted by atomic mass is 10.0. The molecular formula is C9H19NO8. The first kappa shape index (κ1) is 17.2. The number of hydrogen-bond acceptors (Lipinski definition) is 8. The molecule has 0 saturated carbocycles. The van der Waals surface area contributed by atoms with Gasteiger partial charge in [-0.2, -0.15) is 0 Å². The van der Waals surface area contributed by atoms with Gasteiger partial charge in [-0.3, -0.25) is 9.63 Å². The minimum absolute atomic E-state index is 0.117. The summed E-state index contributed by atoms with van der Waals surface area (Å²) in [4.78, 5) is 15.1. The van der Waals surface area contributed by atoms with Gasteiger partial charge < -0.3 is 30.6 Å². The number of aliphatic hydroxyl groups is 6. The molecule has 9 heteroatoms. The van der Waals surface area contributed by atoms with Crippen molar-refractivity contribution >= 4 is 6.41 Å². The summed E-state index contributed by atoms with van der Waals surface area (Å²) in [6, 6.07) is 0. The van der Waals surface area contributed by atoms with Crippen LogP contribution >= 0.6 is 0 Å². The second kappa shape index (κ2) is 9.16. The van der Waals surface area contributed by atoms with Crippen molar-refractivity contribution in [3.05, 3.63) is 0 Å². The minimum Gasteiger partial charge on any atom is -0.394 e. The molecule has 0 aliphatic heterocycles. The maximum atomic E-state index is 10.4. The van der Waals surface area contributed by atoms with Crippen LogP contribution in [0.4, 0.5) is 0 Å². The SMILES string of the molecule is O=CN(CCO)OC[C@H](O)[C@@H](O)[C@H](O)[C@H](O)CO. The van der Waals surface area contributed by atoms with Crippen molar-refractivity contribution in [3.8, 4) is 0 Å². The molecule has 18 heavy (non-hydrogen) atoms. The number of aliphatic hydroxyl groups excluding tert-OH is 6. The average molecular weight is 269 g/mol. The van der Waals surface area contributed by atoms with Gasteiger partial charge in [-0.15, -0.1) is 0 Å². The summed E-state index contributed by atoms with van der Waals surface area (Å²) in [5.41, 5.74) is 0. The second-order valence-electron chi connectivity index (χ2n) is 3.56. The summed E-state index contributed by atoms with van der Waals surface area (Å²) < 4.78 is 0. The molecule has 0 radical (unpaired) electrons. The van der Waals surface area contributed by atoms with Gasteiger partial charge in [0.05, 0.1) is 19.8 Å². The molecule has 108 valence electrons. The lowest BCUT2D eigenvalue weighted by molar-refractivity contribution is -0.199. The Labute approximate surface area is 103 Å². The number of hydroxylamine groups is 2. The highest BCUT2D eigenvalue weighted by molar-refractivity contribution is 5.44. The largest absolute Gasteiger partial charge is 0.394 e. The van der Waals surface area contributed by atoms with Gasteiger partial charge in [0.15, 0.2) is 0 Å². The average Bonchev–Trinajstić information content (AvgIpc) is 2.40. The Bertz CT molecular complexity index is 229. The number of rotatable bonds is 10.